The number of carbonyl (C=O) groups excluding carboxylic acids is 2. The molecule has 0 saturated heterocycles. The van der Waals surface area contributed by atoms with Gasteiger partial charge in [-0.25, -0.2) is 0 Å². The molecule has 0 bridgehead atoms. The fraction of sp³-hybridized carbons (Fsp3) is 0.250. The summed E-state index contributed by atoms with van der Waals surface area (Å²) in [6, 6.07) is 5.41. The third kappa shape index (κ3) is 3.65. The second kappa shape index (κ2) is 5.80. The minimum atomic E-state index is -0.529. The van der Waals surface area contributed by atoms with Crippen LogP contribution < -0.4 is 0 Å². The van der Waals surface area contributed by atoms with Crippen molar-refractivity contribution in [2.75, 3.05) is 7.11 Å². The maximum atomic E-state index is 11.5. The minimum absolute atomic E-state index is 0.230. The first-order valence-electron chi connectivity index (χ1n) is 4.83. The van der Waals surface area contributed by atoms with E-state index in [2.05, 4.69) is 9.72 Å². The number of esters is 1. The average molecular weight is 219 g/mol. The van der Waals surface area contributed by atoms with Crippen molar-refractivity contribution in [3.8, 4) is 0 Å². The summed E-state index contributed by atoms with van der Waals surface area (Å²) < 4.78 is 4.42. The molecular formula is C12H13NO3. The number of methoxy groups -OCH3 is 1. The van der Waals surface area contributed by atoms with Gasteiger partial charge in [0.05, 0.1) is 12.8 Å². The normalized spacial score (nSPS) is 11.0. The molecule has 1 heterocycles. The molecule has 4 nitrogen and oxygen atoms in total. The predicted molar refractivity (Wildman–Crippen MR) is 59.5 cm³/mol. The van der Waals surface area contributed by atoms with Gasteiger partial charge in [-0.15, -0.1) is 0 Å². The summed E-state index contributed by atoms with van der Waals surface area (Å²) in [5.74, 6) is -0.781. The largest absolute Gasteiger partial charge is 0.469 e. The Morgan fingerprint density at radius 3 is 2.75 bits per heavy atom. The number of hydrogen-bond acceptors (Lipinski definition) is 4. The van der Waals surface area contributed by atoms with Crippen LogP contribution in [0.15, 0.2) is 30.0 Å². The molecule has 16 heavy (non-hydrogen) atoms. The zero-order valence-electron chi connectivity index (χ0n) is 9.27. The SMILES string of the molecule is COC(=O)CC(=O)C(C)=Cc1ccccn1. The molecule has 4 heteroatoms. The number of hydrogen-bond donors (Lipinski definition) is 0. The van der Waals surface area contributed by atoms with E-state index in [0.29, 0.717) is 11.3 Å². The Hall–Kier alpha value is -1.97. The van der Waals surface area contributed by atoms with Gasteiger partial charge in [-0.2, -0.15) is 0 Å². The number of nitrogens with zero attached hydrogens (tertiary/aromatic N) is 1. The number of Topliss-reactive ketones (excluding diaryl/α,β-unsaturated/α-hetero) is 1. The Labute approximate surface area is 94.0 Å². The second-order valence-corrected chi connectivity index (χ2v) is 3.26. The number of rotatable bonds is 4. The summed E-state index contributed by atoms with van der Waals surface area (Å²) in [4.78, 5) is 26.5. The van der Waals surface area contributed by atoms with Gasteiger partial charge < -0.3 is 4.74 Å². The molecule has 0 atom stereocenters. The monoisotopic (exact) mass is 219 g/mol. The van der Waals surface area contributed by atoms with Gasteiger partial charge >= 0.3 is 5.97 Å². The van der Waals surface area contributed by atoms with Gasteiger partial charge in [0, 0.05) is 6.20 Å². The highest BCUT2D eigenvalue weighted by molar-refractivity contribution is 6.07. The summed E-state index contributed by atoms with van der Waals surface area (Å²) in [6.07, 6.45) is 3.06. The van der Waals surface area contributed by atoms with Gasteiger partial charge in [-0.3, -0.25) is 14.6 Å². The van der Waals surface area contributed by atoms with E-state index in [1.54, 1.807) is 31.3 Å². The Kier molecular flexibility index (Phi) is 4.39. The van der Waals surface area contributed by atoms with Crippen LogP contribution in [0.2, 0.25) is 0 Å². The van der Waals surface area contributed by atoms with E-state index in [1.807, 2.05) is 6.07 Å². The molecule has 0 unspecified atom stereocenters. The number of ether oxygens (including phenoxy) is 1. The molecule has 0 amide bonds. The third-order valence-electron chi connectivity index (χ3n) is 2.02. The standard InChI is InChI=1S/C12H13NO3/c1-9(11(14)8-12(15)16-2)7-10-5-3-4-6-13-10/h3-7H,8H2,1-2H3. The predicted octanol–water partition coefficient (Wildman–Crippen LogP) is 1.62. The van der Waals surface area contributed by atoms with Crippen molar-refractivity contribution in [3.63, 3.8) is 0 Å². The first kappa shape index (κ1) is 12.1. The van der Waals surface area contributed by atoms with Gasteiger partial charge in [-0.05, 0) is 30.7 Å². The Morgan fingerprint density at radius 1 is 1.44 bits per heavy atom. The van der Waals surface area contributed by atoms with Crippen LogP contribution in [0, 0.1) is 0 Å². The molecule has 0 saturated carbocycles. The maximum absolute atomic E-state index is 11.5. The lowest BCUT2D eigenvalue weighted by atomic mass is 10.1. The van der Waals surface area contributed by atoms with Crippen LogP contribution in [0.3, 0.4) is 0 Å². The zero-order chi connectivity index (χ0) is 12.0. The molecule has 0 aliphatic heterocycles. The van der Waals surface area contributed by atoms with E-state index >= 15 is 0 Å². The van der Waals surface area contributed by atoms with Crippen molar-refractivity contribution in [3.05, 3.63) is 35.7 Å². The fourth-order valence-electron chi connectivity index (χ4n) is 1.11. The highest BCUT2D eigenvalue weighted by Crippen LogP contribution is 2.06. The number of aromatic nitrogens is 1. The number of carbonyl (C=O) groups is 2. The van der Waals surface area contributed by atoms with Gasteiger partial charge in [0.25, 0.3) is 0 Å². The average Bonchev–Trinajstić information content (AvgIpc) is 2.30. The first-order valence-corrected chi connectivity index (χ1v) is 4.83. The molecule has 0 spiro atoms. The Balaban J connectivity index is 2.71. The Morgan fingerprint density at radius 2 is 2.19 bits per heavy atom. The number of allylic oxidation sites excluding steroid dienone is 1. The van der Waals surface area contributed by atoms with Gasteiger partial charge in [-0.1, -0.05) is 6.07 Å². The van der Waals surface area contributed by atoms with E-state index < -0.39 is 5.97 Å². The van der Waals surface area contributed by atoms with Crippen molar-refractivity contribution >= 4 is 17.8 Å². The molecular weight excluding hydrogens is 206 g/mol. The van der Waals surface area contributed by atoms with Crippen LogP contribution in [0.1, 0.15) is 19.0 Å². The smallest absolute Gasteiger partial charge is 0.313 e. The van der Waals surface area contributed by atoms with Crippen molar-refractivity contribution in [2.24, 2.45) is 0 Å². The molecule has 0 radical (unpaired) electrons. The van der Waals surface area contributed by atoms with Crippen LogP contribution in [0.25, 0.3) is 6.08 Å². The lowest BCUT2D eigenvalue weighted by Gasteiger charge is -1.99. The highest BCUT2D eigenvalue weighted by atomic mass is 16.5. The molecule has 0 aromatic carbocycles. The molecule has 0 aliphatic carbocycles. The minimum Gasteiger partial charge on any atom is -0.469 e. The zero-order valence-corrected chi connectivity index (χ0v) is 9.27. The summed E-state index contributed by atoms with van der Waals surface area (Å²) in [5, 5.41) is 0. The topological polar surface area (TPSA) is 56.3 Å². The van der Waals surface area contributed by atoms with Crippen LogP contribution in [0.4, 0.5) is 0 Å². The summed E-state index contributed by atoms with van der Waals surface area (Å²) in [5.41, 5.74) is 1.18. The molecule has 1 aromatic rings. The molecule has 1 aromatic heterocycles. The molecule has 0 aliphatic rings. The van der Waals surface area contributed by atoms with E-state index in [-0.39, 0.29) is 12.2 Å². The van der Waals surface area contributed by atoms with Crippen molar-refractivity contribution in [1.82, 2.24) is 4.98 Å². The lowest BCUT2D eigenvalue weighted by molar-refractivity contribution is -0.142. The van der Waals surface area contributed by atoms with Crippen LogP contribution >= 0.6 is 0 Å². The van der Waals surface area contributed by atoms with Crippen LogP contribution in [-0.2, 0) is 14.3 Å². The number of pyridine rings is 1. The molecule has 84 valence electrons. The fourth-order valence-corrected chi connectivity index (χ4v) is 1.11. The summed E-state index contributed by atoms with van der Waals surface area (Å²) in [6.45, 7) is 1.65. The molecule has 0 N–H and O–H groups in total. The van der Waals surface area contributed by atoms with Gasteiger partial charge in [0.15, 0.2) is 5.78 Å². The quantitative estimate of drug-likeness (QED) is 0.438. The van der Waals surface area contributed by atoms with Crippen LogP contribution in [0.5, 0.6) is 0 Å². The number of ketones is 1. The van der Waals surface area contributed by atoms with E-state index in [0.717, 1.165) is 0 Å². The van der Waals surface area contributed by atoms with Crippen molar-refractivity contribution in [1.29, 1.82) is 0 Å². The maximum Gasteiger partial charge on any atom is 0.313 e. The van der Waals surface area contributed by atoms with E-state index in [9.17, 15) is 9.59 Å². The van der Waals surface area contributed by atoms with Crippen molar-refractivity contribution < 1.29 is 14.3 Å². The second-order valence-electron chi connectivity index (χ2n) is 3.26. The van der Waals surface area contributed by atoms with E-state index in [1.165, 1.54) is 7.11 Å². The first-order chi connectivity index (χ1) is 7.63. The van der Waals surface area contributed by atoms with Crippen molar-refractivity contribution in [2.45, 2.75) is 13.3 Å². The van der Waals surface area contributed by atoms with Gasteiger partial charge in [0.2, 0.25) is 0 Å². The summed E-state index contributed by atoms with van der Waals surface area (Å²) >= 11 is 0. The lowest BCUT2D eigenvalue weighted by Crippen LogP contribution is -2.09. The summed E-state index contributed by atoms with van der Waals surface area (Å²) in [7, 11) is 1.26. The van der Waals surface area contributed by atoms with E-state index in [4.69, 9.17) is 0 Å². The van der Waals surface area contributed by atoms with Gasteiger partial charge in [0.1, 0.15) is 6.42 Å². The van der Waals surface area contributed by atoms with Crippen LogP contribution in [-0.4, -0.2) is 23.8 Å². The molecule has 1 rings (SSSR count). The molecule has 0 fully saturated rings. The Bertz CT molecular complexity index is 410. The third-order valence-corrected chi connectivity index (χ3v) is 2.02. The highest BCUT2D eigenvalue weighted by Gasteiger charge is 2.11.